The van der Waals surface area contributed by atoms with Crippen molar-refractivity contribution in [2.75, 3.05) is 13.1 Å². The summed E-state index contributed by atoms with van der Waals surface area (Å²) in [7, 11) is 0. The molecule has 0 aromatic carbocycles. The lowest BCUT2D eigenvalue weighted by Gasteiger charge is -2.36. The molecule has 0 radical (unpaired) electrons. The van der Waals surface area contributed by atoms with Crippen LogP contribution in [-0.4, -0.2) is 41.1 Å². The molecule has 3 rings (SSSR count). The smallest absolute Gasteiger partial charge is 0.227 e. The highest BCUT2D eigenvalue weighted by Crippen LogP contribution is 2.48. The van der Waals surface area contributed by atoms with Crippen LogP contribution in [0.15, 0.2) is 0 Å². The predicted octanol–water partition coefficient (Wildman–Crippen LogP) is 0.343. The number of fused-ring (bicyclic) bond motifs is 2. The van der Waals surface area contributed by atoms with E-state index >= 15 is 0 Å². The van der Waals surface area contributed by atoms with Crippen LogP contribution in [-0.2, 0) is 4.79 Å². The molecule has 3 N–H and O–H groups in total. The maximum absolute atomic E-state index is 12.5. The van der Waals surface area contributed by atoms with Crippen LogP contribution in [0.3, 0.4) is 0 Å². The van der Waals surface area contributed by atoms with Crippen LogP contribution in [0.4, 0.5) is 0 Å². The van der Waals surface area contributed by atoms with Gasteiger partial charge in [0.1, 0.15) is 0 Å². The van der Waals surface area contributed by atoms with Gasteiger partial charge in [0.25, 0.3) is 0 Å². The van der Waals surface area contributed by atoms with Crippen LogP contribution in [0.1, 0.15) is 32.1 Å². The second kappa shape index (κ2) is 4.25. The minimum absolute atomic E-state index is 0.0408. The Morgan fingerprint density at radius 2 is 2.00 bits per heavy atom. The normalized spacial score (nSPS) is 45.3. The number of rotatable bonds is 1. The summed E-state index contributed by atoms with van der Waals surface area (Å²) in [5, 5.41) is 9.64. The van der Waals surface area contributed by atoms with E-state index in [2.05, 4.69) is 0 Å². The van der Waals surface area contributed by atoms with Gasteiger partial charge in [-0.2, -0.15) is 0 Å². The average Bonchev–Trinajstić information content (AvgIpc) is 2.88. The van der Waals surface area contributed by atoms with Gasteiger partial charge in [0.15, 0.2) is 0 Å². The third-order valence-electron chi connectivity index (χ3n) is 4.97. The van der Waals surface area contributed by atoms with Crippen LogP contribution >= 0.6 is 0 Å². The lowest BCUT2D eigenvalue weighted by atomic mass is 9.83. The maximum atomic E-state index is 12.5. The number of likely N-dealkylation sites (tertiary alicyclic amines) is 1. The molecule has 1 amide bonds. The van der Waals surface area contributed by atoms with Crippen LogP contribution in [0, 0.1) is 17.8 Å². The molecule has 3 aliphatic rings. The number of carbonyl (C=O) groups is 1. The number of hydrogen-bond donors (Lipinski definition) is 2. The van der Waals surface area contributed by atoms with Crippen molar-refractivity contribution in [2.45, 2.75) is 44.2 Å². The molecular weight excluding hydrogens is 216 g/mol. The highest BCUT2D eigenvalue weighted by Gasteiger charge is 2.50. The standard InChI is InChI=1S/C13H22N2O2/c14-12-9-4-3-8(6-9)11(12)13(17)15-5-1-2-10(16)7-15/h8-12,16H,1-7,14H2. The minimum atomic E-state index is -0.331. The second-order valence-corrected chi connectivity index (χ2v) is 6.02. The van der Waals surface area contributed by atoms with Gasteiger partial charge in [0, 0.05) is 19.1 Å². The van der Waals surface area contributed by atoms with E-state index in [9.17, 15) is 9.90 Å². The molecule has 1 heterocycles. The number of carbonyl (C=O) groups excluding carboxylic acids is 1. The molecule has 4 heteroatoms. The Morgan fingerprint density at radius 1 is 1.24 bits per heavy atom. The Bertz CT molecular complexity index is 319. The molecular formula is C13H22N2O2. The van der Waals surface area contributed by atoms with Gasteiger partial charge in [-0.25, -0.2) is 0 Å². The lowest BCUT2D eigenvalue weighted by molar-refractivity contribution is -0.140. The van der Waals surface area contributed by atoms with Crippen molar-refractivity contribution in [3.05, 3.63) is 0 Å². The fourth-order valence-corrected chi connectivity index (χ4v) is 4.07. The molecule has 2 saturated carbocycles. The fourth-order valence-electron chi connectivity index (χ4n) is 4.07. The van der Waals surface area contributed by atoms with Crippen LogP contribution in [0.2, 0.25) is 0 Å². The van der Waals surface area contributed by atoms with Gasteiger partial charge in [0.2, 0.25) is 5.91 Å². The van der Waals surface area contributed by atoms with Crippen molar-refractivity contribution in [3.8, 4) is 0 Å². The number of aliphatic hydroxyl groups excluding tert-OH is 1. The number of β-amino-alcohol motifs (C(OH)–C–C–N with tert-alkyl or cyclic N) is 1. The van der Waals surface area contributed by atoms with Crippen LogP contribution in [0.5, 0.6) is 0 Å². The zero-order chi connectivity index (χ0) is 12.0. The van der Waals surface area contributed by atoms with Gasteiger partial charge >= 0.3 is 0 Å². The SMILES string of the molecule is NC1C2CCC(C2)C1C(=O)N1CCCC(O)C1. The summed E-state index contributed by atoms with van der Waals surface area (Å²) in [4.78, 5) is 14.3. The maximum Gasteiger partial charge on any atom is 0.227 e. The number of hydrogen-bond acceptors (Lipinski definition) is 3. The average molecular weight is 238 g/mol. The molecule has 3 fully saturated rings. The summed E-state index contributed by atoms with van der Waals surface area (Å²) in [6.07, 6.45) is 4.94. The van der Waals surface area contributed by atoms with E-state index in [0.717, 1.165) is 25.8 Å². The third kappa shape index (κ3) is 1.87. The first-order chi connectivity index (χ1) is 8.16. The summed E-state index contributed by atoms with van der Waals surface area (Å²) in [6.45, 7) is 1.32. The largest absolute Gasteiger partial charge is 0.391 e. The van der Waals surface area contributed by atoms with E-state index in [1.54, 1.807) is 0 Å². The number of nitrogens with zero attached hydrogens (tertiary/aromatic N) is 1. The first-order valence-corrected chi connectivity index (χ1v) is 6.89. The molecule has 2 aliphatic carbocycles. The number of aliphatic hydroxyl groups is 1. The highest BCUT2D eigenvalue weighted by atomic mass is 16.3. The van der Waals surface area contributed by atoms with E-state index in [4.69, 9.17) is 5.73 Å². The van der Waals surface area contributed by atoms with Gasteiger partial charge < -0.3 is 15.7 Å². The van der Waals surface area contributed by atoms with Crippen LogP contribution < -0.4 is 5.73 Å². The minimum Gasteiger partial charge on any atom is -0.391 e. The Balaban J connectivity index is 1.69. The molecule has 0 aromatic rings. The fraction of sp³-hybridized carbons (Fsp3) is 0.923. The van der Waals surface area contributed by atoms with Gasteiger partial charge in [-0.15, -0.1) is 0 Å². The molecule has 4 nitrogen and oxygen atoms in total. The van der Waals surface area contributed by atoms with Crippen molar-refractivity contribution < 1.29 is 9.90 Å². The topological polar surface area (TPSA) is 66.6 Å². The number of piperidine rings is 1. The van der Waals surface area contributed by atoms with Crippen molar-refractivity contribution in [2.24, 2.45) is 23.5 Å². The van der Waals surface area contributed by atoms with E-state index in [1.807, 2.05) is 4.90 Å². The number of nitrogens with two attached hydrogens (primary N) is 1. The van der Waals surface area contributed by atoms with E-state index in [1.165, 1.54) is 12.8 Å². The quantitative estimate of drug-likeness (QED) is 0.692. The zero-order valence-electron chi connectivity index (χ0n) is 10.2. The molecule has 2 bridgehead atoms. The summed E-state index contributed by atoms with van der Waals surface area (Å²) in [5.74, 6) is 1.34. The molecule has 5 atom stereocenters. The summed E-state index contributed by atoms with van der Waals surface area (Å²) in [5.41, 5.74) is 6.20. The molecule has 1 aliphatic heterocycles. The summed E-state index contributed by atoms with van der Waals surface area (Å²) in [6, 6.07) is 0.0697. The molecule has 0 aromatic heterocycles. The van der Waals surface area contributed by atoms with E-state index < -0.39 is 0 Å². The monoisotopic (exact) mass is 238 g/mol. The molecule has 1 saturated heterocycles. The van der Waals surface area contributed by atoms with Gasteiger partial charge in [-0.3, -0.25) is 4.79 Å². The summed E-state index contributed by atoms with van der Waals surface area (Å²) < 4.78 is 0. The van der Waals surface area contributed by atoms with E-state index in [0.29, 0.717) is 18.4 Å². The third-order valence-corrected chi connectivity index (χ3v) is 4.97. The van der Waals surface area contributed by atoms with Gasteiger partial charge in [-0.1, -0.05) is 0 Å². The Hall–Kier alpha value is -0.610. The first-order valence-electron chi connectivity index (χ1n) is 6.89. The lowest BCUT2D eigenvalue weighted by Crippen LogP contribution is -2.50. The molecule has 5 unspecified atom stereocenters. The Labute approximate surface area is 102 Å². The summed E-state index contributed by atoms with van der Waals surface area (Å²) >= 11 is 0. The Kier molecular flexibility index (Phi) is 2.87. The van der Waals surface area contributed by atoms with Crippen molar-refractivity contribution in [3.63, 3.8) is 0 Å². The van der Waals surface area contributed by atoms with E-state index in [-0.39, 0.29) is 24.0 Å². The zero-order valence-corrected chi connectivity index (χ0v) is 10.2. The van der Waals surface area contributed by atoms with Crippen molar-refractivity contribution >= 4 is 5.91 Å². The molecule has 96 valence electrons. The van der Waals surface area contributed by atoms with Crippen molar-refractivity contribution in [1.82, 2.24) is 4.90 Å². The Morgan fingerprint density at radius 3 is 2.65 bits per heavy atom. The van der Waals surface area contributed by atoms with Gasteiger partial charge in [0.05, 0.1) is 12.0 Å². The van der Waals surface area contributed by atoms with Crippen LogP contribution in [0.25, 0.3) is 0 Å². The first kappa shape index (κ1) is 11.5. The number of amides is 1. The highest BCUT2D eigenvalue weighted by molar-refractivity contribution is 5.80. The molecule has 0 spiro atoms. The molecule has 17 heavy (non-hydrogen) atoms. The van der Waals surface area contributed by atoms with Gasteiger partial charge in [-0.05, 0) is 43.9 Å². The predicted molar refractivity (Wildman–Crippen MR) is 64.1 cm³/mol. The second-order valence-electron chi connectivity index (χ2n) is 6.02. The van der Waals surface area contributed by atoms with Crippen molar-refractivity contribution in [1.29, 1.82) is 0 Å².